The first kappa shape index (κ1) is 10.8. The summed E-state index contributed by atoms with van der Waals surface area (Å²) in [6.45, 7) is 2.88. The van der Waals surface area contributed by atoms with Crippen LogP contribution in [-0.4, -0.2) is 23.4 Å². The number of thioether (sulfide) groups is 1. The van der Waals surface area contributed by atoms with Gasteiger partial charge in [-0.25, -0.2) is 4.98 Å². The van der Waals surface area contributed by atoms with Crippen molar-refractivity contribution in [1.82, 2.24) is 4.98 Å². The minimum atomic E-state index is 0.402. The fraction of sp³-hybridized carbons (Fsp3) is 0.545. The monoisotopic (exact) mass is 224 g/mol. The smallest absolute Gasteiger partial charge is 0.0981 e. The molecule has 2 rings (SSSR count). The van der Waals surface area contributed by atoms with Gasteiger partial charge < -0.3 is 10.5 Å². The van der Waals surface area contributed by atoms with E-state index in [1.165, 1.54) is 12.8 Å². The normalized spacial score (nSPS) is 20.7. The third kappa shape index (κ3) is 2.86. The van der Waals surface area contributed by atoms with Crippen molar-refractivity contribution in [1.29, 1.82) is 0 Å². The average molecular weight is 224 g/mol. The van der Waals surface area contributed by atoms with Crippen LogP contribution in [0.25, 0.3) is 0 Å². The summed E-state index contributed by atoms with van der Waals surface area (Å²) in [5, 5.41) is 0.994. The molecule has 1 fully saturated rings. The van der Waals surface area contributed by atoms with E-state index in [0.29, 0.717) is 6.10 Å². The molecule has 0 radical (unpaired) electrons. The third-order valence-electron chi connectivity index (χ3n) is 2.56. The topological polar surface area (TPSA) is 48.1 Å². The molecule has 1 aromatic rings. The molecule has 0 amide bonds. The van der Waals surface area contributed by atoms with Crippen molar-refractivity contribution in [2.75, 3.05) is 18.1 Å². The molecule has 4 heteroatoms. The molecule has 3 nitrogen and oxygen atoms in total. The molecule has 1 atom stereocenters. The molecule has 2 heterocycles. The Morgan fingerprint density at radius 3 is 3.20 bits per heavy atom. The second-order valence-corrected chi connectivity index (χ2v) is 4.87. The maximum atomic E-state index is 5.82. The Balaban J connectivity index is 1.90. The van der Waals surface area contributed by atoms with Gasteiger partial charge in [0.15, 0.2) is 0 Å². The number of rotatable bonds is 3. The SMILES string of the molecule is Cc1cnc(SCC2CCCO2)cc1N. The highest BCUT2D eigenvalue weighted by atomic mass is 32.2. The van der Waals surface area contributed by atoms with Crippen molar-refractivity contribution in [3.05, 3.63) is 17.8 Å². The first-order valence-corrected chi connectivity index (χ1v) is 6.21. The van der Waals surface area contributed by atoms with Crippen LogP contribution in [0.15, 0.2) is 17.3 Å². The predicted molar refractivity (Wildman–Crippen MR) is 63.1 cm³/mol. The van der Waals surface area contributed by atoms with Gasteiger partial charge in [0, 0.05) is 24.2 Å². The lowest BCUT2D eigenvalue weighted by Gasteiger charge is -2.08. The molecule has 0 aliphatic carbocycles. The van der Waals surface area contributed by atoms with E-state index in [0.717, 1.165) is 28.6 Å². The molecule has 1 aromatic heterocycles. The maximum absolute atomic E-state index is 5.82. The Hall–Kier alpha value is -0.740. The predicted octanol–water partition coefficient (Wildman–Crippen LogP) is 2.24. The van der Waals surface area contributed by atoms with Crippen LogP contribution in [0, 0.1) is 6.92 Å². The van der Waals surface area contributed by atoms with E-state index < -0.39 is 0 Å². The quantitative estimate of drug-likeness (QED) is 0.800. The maximum Gasteiger partial charge on any atom is 0.0981 e. The summed E-state index contributed by atoms with van der Waals surface area (Å²) in [5.74, 6) is 0.982. The van der Waals surface area contributed by atoms with E-state index in [1.54, 1.807) is 11.8 Å². The minimum Gasteiger partial charge on any atom is -0.398 e. The number of pyridine rings is 1. The summed E-state index contributed by atoms with van der Waals surface area (Å²) in [5.41, 5.74) is 7.68. The number of ether oxygens (including phenoxy) is 1. The van der Waals surface area contributed by atoms with Gasteiger partial charge in [-0.3, -0.25) is 0 Å². The molecular weight excluding hydrogens is 208 g/mol. The van der Waals surface area contributed by atoms with Crippen LogP contribution in [0.5, 0.6) is 0 Å². The summed E-state index contributed by atoms with van der Waals surface area (Å²) in [7, 11) is 0. The van der Waals surface area contributed by atoms with Crippen molar-refractivity contribution in [2.24, 2.45) is 0 Å². The summed E-state index contributed by atoms with van der Waals surface area (Å²) in [4.78, 5) is 4.33. The van der Waals surface area contributed by atoms with E-state index in [4.69, 9.17) is 10.5 Å². The third-order valence-corrected chi connectivity index (χ3v) is 3.62. The first-order valence-electron chi connectivity index (χ1n) is 5.22. The fourth-order valence-electron chi connectivity index (χ4n) is 1.55. The number of aromatic nitrogens is 1. The van der Waals surface area contributed by atoms with Crippen LogP contribution >= 0.6 is 11.8 Å². The first-order chi connectivity index (χ1) is 7.25. The minimum absolute atomic E-state index is 0.402. The molecule has 1 aliphatic rings. The van der Waals surface area contributed by atoms with Crippen molar-refractivity contribution < 1.29 is 4.74 Å². The lowest BCUT2D eigenvalue weighted by Crippen LogP contribution is -2.08. The van der Waals surface area contributed by atoms with Gasteiger partial charge in [0.2, 0.25) is 0 Å². The molecule has 0 spiro atoms. The van der Waals surface area contributed by atoms with E-state index in [1.807, 2.05) is 19.2 Å². The number of aryl methyl sites for hydroxylation is 1. The lowest BCUT2D eigenvalue weighted by molar-refractivity contribution is 0.129. The Labute approximate surface area is 94.4 Å². The van der Waals surface area contributed by atoms with Gasteiger partial charge in [-0.15, -0.1) is 11.8 Å². The summed E-state index contributed by atoms with van der Waals surface area (Å²) >= 11 is 1.72. The molecule has 0 saturated carbocycles. The molecule has 1 aliphatic heterocycles. The van der Waals surface area contributed by atoms with Gasteiger partial charge in [0.25, 0.3) is 0 Å². The van der Waals surface area contributed by atoms with Gasteiger partial charge in [-0.2, -0.15) is 0 Å². The molecule has 1 saturated heterocycles. The van der Waals surface area contributed by atoms with Gasteiger partial charge >= 0.3 is 0 Å². The number of nitrogens with two attached hydrogens (primary N) is 1. The Morgan fingerprint density at radius 2 is 2.53 bits per heavy atom. The number of nitrogens with zero attached hydrogens (tertiary/aromatic N) is 1. The standard InChI is InChI=1S/C11H16N2OS/c1-8-6-13-11(5-10(8)12)15-7-9-3-2-4-14-9/h5-6,9H,2-4,7H2,1H3,(H2,12,13). The second-order valence-electron chi connectivity index (χ2n) is 3.83. The Kier molecular flexibility index (Phi) is 3.49. The molecule has 0 aromatic carbocycles. The Bertz CT molecular complexity index is 337. The van der Waals surface area contributed by atoms with Gasteiger partial charge in [0.05, 0.1) is 11.1 Å². The molecule has 0 bridgehead atoms. The molecule has 1 unspecified atom stereocenters. The zero-order chi connectivity index (χ0) is 10.7. The highest BCUT2D eigenvalue weighted by Crippen LogP contribution is 2.24. The molecule has 15 heavy (non-hydrogen) atoms. The summed E-state index contributed by atoms with van der Waals surface area (Å²) in [6.07, 6.45) is 4.59. The van der Waals surface area contributed by atoms with E-state index in [-0.39, 0.29) is 0 Å². The second kappa shape index (κ2) is 4.86. The van der Waals surface area contributed by atoms with Crippen molar-refractivity contribution in [3.8, 4) is 0 Å². The van der Waals surface area contributed by atoms with Crippen LogP contribution in [0.3, 0.4) is 0 Å². The van der Waals surface area contributed by atoms with Crippen LogP contribution < -0.4 is 5.73 Å². The van der Waals surface area contributed by atoms with E-state index in [9.17, 15) is 0 Å². The molecule has 2 N–H and O–H groups in total. The van der Waals surface area contributed by atoms with Crippen LogP contribution in [-0.2, 0) is 4.74 Å². The molecule has 82 valence electrons. The van der Waals surface area contributed by atoms with Crippen LogP contribution in [0.4, 0.5) is 5.69 Å². The number of nitrogen functional groups attached to an aromatic ring is 1. The number of hydrogen-bond acceptors (Lipinski definition) is 4. The van der Waals surface area contributed by atoms with E-state index >= 15 is 0 Å². The summed E-state index contributed by atoms with van der Waals surface area (Å²) in [6, 6.07) is 1.94. The largest absolute Gasteiger partial charge is 0.398 e. The summed E-state index contributed by atoms with van der Waals surface area (Å²) < 4.78 is 5.55. The molecular formula is C11H16N2OS. The number of anilines is 1. The van der Waals surface area contributed by atoms with Crippen LogP contribution in [0.1, 0.15) is 18.4 Å². The Morgan fingerprint density at radius 1 is 1.67 bits per heavy atom. The van der Waals surface area contributed by atoms with Gasteiger partial charge in [-0.05, 0) is 31.4 Å². The van der Waals surface area contributed by atoms with Crippen molar-refractivity contribution in [2.45, 2.75) is 30.9 Å². The van der Waals surface area contributed by atoms with Crippen molar-refractivity contribution >= 4 is 17.4 Å². The zero-order valence-corrected chi connectivity index (χ0v) is 9.72. The number of hydrogen-bond donors (Lipinski definition) is 1. The highest BCUT2D eigenvalue weighted by molar-refractivity contribution is 7.99. The fourth-order valence-corrected chi connectivity index (χ4v) is 2.51. The van der Waals surface area contributed by atoms with E-state index in [2.05, 4.69) is 4.98 Å². The van der Waals surface area contributed by atoms with Crippen molar-refractivity contribution in [3.63, 3.8) is 0 Å². The lowest BCUT2D eigenvalue weighted by atomic mass is 10.3. The van der Waals surface area contributed by atoms with Gasteiger partial charge in [-0.1, -0.05) is 0 Å². The van der Waals surface area contributed by atoms with Crippen LogP contribution in [0.2, 0.25) is 0 Å². The zero-order valence-electron chi connectivity index (χ0n) is 8.90. The van der Waals surface area contributed by atoms with Gasteiger partial charge in [0.1, 0.15) is 0 Å². The highest BCUT2D eigenvalue weighted by Gasteiger charge is 2.15. The average Bonchev–Trinajstić information content (AvgIpc) is 2.73.